The summed E-state index contributed by atoms with van der Waals surface area (Å²) in [4.78, 5) is 23.7. The second-order valence-corrected chi connectivity index (χ2v) is 10.2. The fourth-order valence-electron chi connectivity index (χ4n) is 3.43. The zero-order valence-electron chi connectivity index (χ0n) is 17.8. The minimum Gasteiger partial charge on any atom is -0.480 e. The van der Waals surface area contributed by atoms with Crippen LogP contribution in [0.25, 0.3) is 11.2 Å². The van der Waals surface area contributed by atoms with Gasteiger partial charge in [0.2, 0.25) is 5.95 Å². The molecule has 3 aromatic rings. The van der Waals surface area contributed by atoms with E-state index in [9.17, 15) is 14.5 Å². The van der Waals surface area contributed by atoms with Crippen molar-refractivity contribution >= 4 is 54.0 Å². The zero-order chi connectivity index (χ0) is 24.5. The summed E-state index contributed by atoms with van der Waals surface area (Å²) >= 11 is 12.0. The Kier molecular flexibility index (Phi) is 7.11. The number of hydrogen-bond donors (Lipinski definition) is 3. The van der Waals surface area contributed by atoms with E-state index in [0.717, 1.165) is 0 Å². The predicted octanol–water partition coefficient (Wildman–Crippen LogP) is 4.10. The molecule has 2 heterocycles. The van der Waals surface area contributed by atoms with E-state index in [-0.39, 0.29) is 35.4 Å². The fourth-order valence-corrected chi connectivity index (χ4v) is 5.33. The Hall–Kier alpha value is -2.69. The summed E-state index contributed by atoms with van der Waals surface area (Å²) in [5.41, 5.74) is 6.66. The minimum absolute atomic E-state index is 0.0156. The number of carboxylic acid groups (broad SMARTS) is 1. The number of benzene rings is 1. The number of aromatic nitrogens is 4. The SMILES string of the molecule is C[C@H](NP(=O)(OC[C@@H]1C=C[C@H](n2cnc3c(Cl)nc(N)nc32)C1)Oc1ccc(Cl)cc1)C(=O)O. The molecule has 1 unspecified atom stereocenters. The molecule has 0 spiro atoms. The van der Waals surface area contributed by atoms with Gasteiger partial charge in [-0.25, -0.2) is 9.55 Å². The van der Waals surface area contributed by atoms with Gasteiger partial charge in [0.25, 0.3) is 0 Å². The van der Waals surface area contributed by atoms with E-state index in [1.807, 2.05) is 16.7 Å². The Morgan fingerprint density at radius 3 is 2.76 bits per heavy atom. The molecule has 4 N–H and O–H groups in total. The van der Waals surface area contributed by atoms with Crippen LogP contribution in [0.4, 0.5) is 5.95 Å². The number of allylic oxidation sites excluding steroid dienone is 1. The summed E-state index contributed by atoms with van der Waals surface area (Å²) < 4.78 is 26.4. The summed E-state index contributed by atoms with van der Waals surface area (Å²) in [5.74, 6) is -1.07. The van der Waals surface area contributed by atoms with Crippen molar-refractivity contribution in [2.75, 3.05) is 12.3 Å². The molecule has 0 bridgehead atoms. The van der Waals surface area contributed by atoms with Gasteiger partial charge in [0.1, 0.15) is 17.3 Å². The number of nitrogens with zero attached hydrogens (tertiary/aromatic N) is 4. The van der Waals surface area contributed by atoms with Crippen molar-refractivity contribution < 1.29 is 23.5 Å². The van der Waals surface area contributed by atoms with E-state index in [2.05, 4.69) is 20.0 Å². The van der Waals surface area contributed by atoms with E-state index in [4.69, 9.17) is 38.0 Å². The van der Waals surface area contributed by atoms with Gasteiger partial charge in [-0.3, -0.25) is 9.32 Å². The van der Waals surface area contributed by atoms with Crippen molar-refractivity contribution in [3.8, 4) is 5.75 Å². The monoisotopic (exact) mass is 526 g/mol. The highest BCUT2D eigenvalue weighted by Crippen LogP contribution is 2.46. The van der Waals surface area contributed by atoms with Gasteiger partial charge in [-0.2, -0.15) is 15.1 Å². The van der Waals surface area contributed by atoms with Gasteiger partial charge in [-0.05, 0) is 37.6 Å². The maximum atomic E-state index is 13.4. The topological polar surface area (TPSA) is 154 Å². The quantitative estimate of drug-likeness (QED) is 0.211. The third kappa shape index (κ3) is 5.51. The Balaban J connectivity index is 1.46. The van der Waals surface area contributed by atoms with Crippen LogP contribution >= 0.6 is 30.9 Å². The maximum Gasteiger partial charge on any atom is 0.459 e. The molecule has 34 heavy (non-hydrogen) atoms. The Bertz CT molecular complexity index is 1280. The van der Waals surface area contributed by atoms with Gasteiger partial charge in [0.15, 0.2) is 10.8 Å². The molecule has 0 saturated carbocycles. The van der Waals surface area contributed by atoms with Crippen molar-refractivity contribution in [1.82, 2.24) is 24.6 Å². The van der Waals surface area contributed by atoms with Crippen molar-refractivity contribution in [3.63, 3.8) is 0 Å². The molecule has 1 aliphatic carbocycles. The number of rotatable bonds is 9. The van der Waals surface area contributed by atoms with Crippen LogP contribution in [0.3, 0.4) is 0 Å². The van der Waals surface area contributed by atoms with Crippen LogP contribution in [0, 0.1) is 5.92 Å². The van der Waals surface area contributed by atoms with Crippen LogP contribution in [-0.4, -0.2) is 43.2 Å². The van der Waals surface area contributed by atoms with E-state index in [0.29, 0.717) is 22.6 Å². The van der Waals surface area contributed by atoms with Crippen molar-refractivity contribution in [1.29, 1.82) is 0 Å². The first-order valence-corrected chi connectivity index (χ1v) is 12.5. The first-order chi connectivity index (χ1) is 16.1. The van der Waals surface area contributed by atoms with E-state index >= 15 is 0 Å². The second kappa shape index (κ2) is 9.89. The highest BCUT2D eigenvalue weighted by atomic mass is 35.5. The molecule has 1 aliphatic rings. The summed E-state index contributed by atoms with van der Waals surface area (Å²) in [6.07, 6.45) is 6.05. The van der Waals surface area contributed by atoms with Gasteiger partial charge in [-0.1, -0.05) is 35.4 Å². The minimum atomic E-state index is -4.03. The lowest BCUT2D eigenvalue weighted by atomic mass is 10.1. The molecule has 11 nitrogen and oxygen atoms in total. The third-order valence-electron chi connectivity index (χ3n) is 5.12. The Morgan fingerprint density at radius 1 is 1.32 bits per heavy atom. The molecule has 0 fully saturated rings. The lowest BCUT2D eigenvalue weighted by molar-refractivity contribution is -0.138. The van der Waals surface area contributed by atoms with E-state index in [1.54, 1.807) is 18.5 Å². The number of nitrogen functional groups attached to an aromatic ring is 1. The summed E-state index contributed by atoms with van der Waals surface area (Å²) in [6.45, 7) is 1.36. The number of anilines is 1. The van der Waals surface area contributed by atoms with Crippen LogP contribution in [-0.2, 0) is 13.9 Å². The number of halogens is 2. The standard InChI is InChI=1S/C20H21Cl2N6O5P/c1-11(19(29)30)27-34(31,33-15-6-3-13(21)4-7-15)32-9-12-2-5-14(8-12)28-10-24-16-17(22)25-20(23)26-18(16)28/h2-7,10-12,14H,8-9H2,1H3,(H,27,31)(H,29,30)(H2,23,25,26)/t11-,12+,14-,34?/m0/s1. The van der Waals surface area contributed by atoms with Gasteiger partial charge >= 0.3 is 13.7 Å². The maximum absolute atomic E-state index is 13.4. The summed E-state index contributed by atoms with van der Waals surface area (Å²) in [7, 11) is -4.03. The van der Waals surface area contributed by atoms with Crippen LogP contribution in [0.1, 0.15) is 19.4 Å². The Labute approximate surface area is 204 Å². The average Bonchev–Trinajstić information content (AvgIpc) is 3.41. The smallest absolute Gasteiger partial charge is 0.459 e. The van der Waals surface area contributed by atoms with Gasteiger partial charge in [0, 0.05) is 10.9 Å². The van der Waals surface area contributed by atoms with Crippen LogP contribution < -0.4 is 15.3 Å². The van der Waals surface area contributed by atoms with E-state index in [1.165, 1.54) is 19.1 Å². The Morgan fingerprint density at radius 2 is 2.06 bits per heavy atom. The molecule has 4 atom stereocenters. The first-order valence-electron chi connectivity index (χ1n) is 10.2. The molecule has 180 valence electrons. The van der Waals surface area contributed by atoms with Crippen molar-refractivity contribution in [2.24, 2.45) is 5.92 Å². The zero-order valence-corrected chi connectivity index (χ0v) is 20.2. The average molecular weight is 527 g/mol. The molecule has 0 amide bonds. The second-order valence-electron chi connectivity index (χ2n) is 7.67. The number of fused-ring (bicyclic) bond motifs is 1. The molecule has 4 rings (SSSR count). The van der Waals surface area contributed by atoms with Gasteiger partial charge in [0.05, 0.1) is 19.0 Å². The highest BCUT2D eigenvalue weighted by Gasteiger charge is 2.33. The number of nitrogens with two attached hydrogens (primary N) is 1. The number of aliphatic carboxylic acids is 1. The number of nitrogens with one attached hydrogen (secondary N) is 1. The van der Waals surface area contributed by atoms with E-state index < -0.39 is 19.8 Å². The molecule has 2 aromatic heterocycles. The molecular formula is C20H21Cl2N6O5P. The lowest BCUT2D eigenvalue weighted by Crippen LogP contribution is -2.33. The highest BCUT2D eigenvalue weighted by molar-refractivity contribution is 7.52. The van der Waals surface area contributed by atoms with Crippen molar-refractivity contribution in [2.45, 2.75) is 25.4 Å². The first kappa shape index (κ1) is 24.4. The molecule has 0 radical (unpaired) electrons. The van der Waals surface area contributed by atoms with Crippen LogP contribution in [0.2, 0.25) is 10.2 Å². The molecule has 0 aliphatic heterocycles. The number of hydrogen-bond acceptors (Lipinski definition) is 8. The normalized spacial score (nSPS) is 20.3. The molecule has 14 heteroatoms. The lowest BCUT2D eigenvalue weighted by Gasteiger charge is -2.23. The summed E-state index contributed by atoms with van der Waals surface area (Å²) in [5, 5.41) is 12.3. The van der Waals surface area contributed by atoms with Gasteiger partial charge < -0.3 is 19.9 Å². The molecular weight excluding hydrogens is 506 g/mol. The van der Waals surface area contributed by atoms with Crippen LogP contribution in [0.5, 0.6) is 5.75 Å². The van der Waals surface area contributed by atoms with Crippen molar-refractivity contribution in [3.05, 3.63) is 52.9 Å². The fraction of sp³-hybridized carbons (Fsp3) is 0.300. The third-order valence-corrected chi connectivity index (χ3v) is 7.28. The number of carbonyl (C=O) groups is 1. The largest absolute Gasteiger partial charge is 0.480 e. The van der Waals surface area contributed by atoms with Gasteiger partial charge in [-0.15, -0.1) is 0 Å². The molecule has 0 saturated heterocycles. The van der Waals surface area contributed by atoms with Crippen LogP contribution in [0.15, 0.2) is 42.7 Å². The molecule has 1 aromatic carbocycles. The predicted molar refractivity (Wildman–Crippen MR) is 127 cm³/mol. The number of imidazole rings is 1. The summed E-state index contributed by atoms with van der Waals surface area (Å²) in [6, 6.07) is 4.86. The number of carboxylic acids is 1.